The molecule has 1 heterocycles. The number of aliphatic hydroxyl groups excluding tert-OH is 1. The van der Waals surface area contributed by atoms with Gasteiger partial charge in [-0.3, -0.25) is 9.59 Å². The van der Waals surface area contributed by atoms with Gasteiger partial charge in [0.15, 0.2) is 5.76 Å². The van der Waals surface area contributed by atoms with Crippen LogP contribution in [0.1, 0.15) is 43.7 Å². The zero-order chi connectivity index (χ0) is 15.0. The molecule has 0 fully saturated rings. The lowest BCUT2D eigenvalue weighted by Gasteiger charge is -2.27. The number of hydrogen-bond donors (Lipinski definition) is 3. The van der Waals surface area contributed by atoms with Gasteiger partial charge in [0.2, 0.25) is 5.91 Å². The van der Waals surface area contributed by atoms with Gasteiger partial charge in [-0.25, -0.2) is 0 Å². The van der Waals surface area contributed by atoms with Gasteiger partial charge >= 0.3 is 0 Å². The molecule has 1 aromatic rings. The number of carbonyl (C=O) groups is 2. The molecular weight excluding hydrogens is 260 g/mol. The van der Waals surface area contributed by atoms with Gasteiger partial charge in [-0.15, -0.1) is 0 Å². The van der Waals surface area contributed by atoms with E-state index in [0.717, 1.165) is 0 Å². The number of hydrogen-bond acceptors (Lipinski definition) is 4. The van der Waals surface area contributed by atoms with Gasteiger partial charge in [-0.2, -0.15) is 0 Å². The summed E-state index contributed by atoms with van der Waals surface area (Å²) in [4.78, 5) is 23.2. The highest BCUT2D eigenvalue weighted by Gasteiger charge is 2.22. The molecule has 0 radical (unpaired) electrons. The zero-order valence-corrected chi connectivity index (χ0v) is 11.9. The molecule has 20 heavy (non-hydrogen) atoms. The number of rotatable bonds is 8. The highest BCUT2D eigenvalue weighted by Crippen LogP contribution is 2.08. The predicted octanol–water partition coefficient (Wildman–Crippen LogP) is 1.07. The topological polar surface area (TPSA) is 91.6 Å². The van der Waals surface area contributed by atoms with E-state index in [1.165, 1.54) is 6.26 Å². The van der Waals surface area contributed by atoms with Crippen LogP contribution in [0.4, 0.5) is 0 Å². The zero-order valence-electron chi connectivity index (χ0n) is 11.9. The summed E-state index contributed by atoms with van der Waals surface area (Å²) in [6.45, 7) is 4.00. The normalized spacial score (nSPS) is 13.6. The van der Waals surface area contributed by atoms with Gasteiger partial charge in [0.1, 0.15) is 0 Å². The lowest BCUT2D eigenvalue weighted by molar-refractivity contribution is -0.123. The number of aliphatic hydroxyl groups is 1. The van der Waals surface area contributed by atoms with E-state index in [0.29, 0.717) is 25.8 Å². The van der Waals surface area contributed by atoms with E-state index < -0.39 is 5.54 Å². The Morgan fingerprint density at radius 2 is 2.20 bits per heavy atom. The van der Waals surface area contributed by atoms with E-state index in [1.807, 2.05) is 6.92 Å². The van der Waals surface area contributed by atoms with Crippen molar-refractivity contribution in [2.75, 3.05) is 13.2 Å². The van der Waals surface area contributed by atoms with Crippen molar-refractivity contribution in [3.63, 3.8) is 0 Å². The molecule has 0 aliphatic carbocycles. The number of furan rings is 1. The molecule has 0 saturated carbocycles. The summed E-state index contributed by atoms with van der Waals surface area (Å²) < 4.78 is 4.95. The van der Waals surface area contributed by atoms with Gasteiger partial charge in [0.25, 0.3) is 5.91 Å². The standard InChI is InChI=1S/C14H22N2O4/c1-3-14(2,10-17)16-12(18)7-4-8-15-13(19)11-6-5-9-20-11/h5-6,9,17H,3-4,7-8,10H2,1-2H3,(H,15,19)(H,16,18). The first kappa shape index (κ1) is 16.2. The first-order valence-corrected chi connectivity index (χ1v) is 6.74. The summed E-state index contributed by atoms with van der Waals surface area (Å²) in [5.74, 6) is -0.159. The lowest BCUT2D eigenvalue weighted by atomic mass is 10.00. The molecular formula is C14H22N2O4. The Hall–Kier alpha value is -1.82. The smallest absolute Gasteiger partial charge is 0.286 e. The Balaban J connectivity index is 2.21. The van der Waals surface area contributed by atoms with Crippen LogP contribution in [0, 0.1) is 0 Å². The number of nitrogens with one attached hydrogen (secondary N) is 2. The quantitative estimate of drug-likeness (QED) is 0.622. The van der Waals surface area contributed by atoms with Gasteiger partial charge in [-0.1, -0.05) is 6.92 Å². The molecule has 0 aliphatic heterocycles. The van der Waals surface area contributed by atoms with Crippen molar-refractivity contribution >= 4 is 11.8 Å². The summed E-state index contributed by atoms with van der Waals surface area (Å²) in [5.41, 5.74) is -0.575. The largest absolute Gasteiger partial charge is 0.459 e. The maximum Gasteiger partial charge on any atom is 0.286 e. The second kappa shape index (κ2) is 7.69. The van der Waals surface area contributed by atoms with Crippen LogP contribution in [0.25, 0.3) is 0 Å². The highest BCUT2D eigenvalue weighted by molar-refractivity contribution is 5.91. The Bertz CT molecular complexity index is 424. The van der Waals surface area contributed by atoms with E-state index in [9.17, 15) is 14.7 Å². The van der Waals surface area contributed by atoms with Crippen molar-refractivity contribution < 1.29 is 19.1 Å². The van der Waals surface area contributed by atoms with Crippen LogP contribution >= 0.6 is 0 Å². The summed E-state index contributed by atoms with van der Waals surface area (Å²) in [6, 6.07) is 3.22. The Kier molecular flexibility index (Phi) is 6.24. The molecule has 6 heteroatoms. The number of amides is 2. The van der Waals surface area contributed by atoms with Crippen LogP contribution in [-0.2, 0) is 4.79 Å². The van der Waals surface area contributed by atoms with Crippen molar-refractivity contribution in [2.24, 2.45) is 0 Å². The molecule has 1 unspecified atom stereocenters. The average molecular weight is 282 g/mol. The fourth-order valence-electron chi connectivity index (χ4n) is 1.58. The monoisotopic (exact) mass is 282 g/mol. The van der Waals surface area contributed by atoms with Crippen molar-refractivity contribution in [1.29, 1.82) is 0 Å². The fraction of sp³-hybridized carbons (Fsp3) is 0.571. The predicted molar refractivity (Wildman–Crippen MR) is 74.2 cm³/mol. The minimum atomic E-state index is -0.575. The second-order valence-corrected chi connectivity index (χ2v) is 4.96. The molecule has 0 bridgehead atoms. The maximum absolute atomic E-state index is 11.7. The van der Waals surface area contributed by atoms with Crippen LogP contribution < -0.4 is 10.6 Å². The molecule has 0 spiro atoms. The summed E-state index contributed by atoms with van der Waals surface area (Å²) >= 11 is 0. The SMILES string of the molecule is CCC(C)(CO)NC(=O)CCCNC(=O)c1ccco1. The van der Waals surface area contributed by atoms with Crippen LogP contribution in [0.3, 0.4) is 0 Å². The van der Waals surface area contributed by atoms with Crippen LogP contribution in [0.2, 0.25) is 0 Å². The van der Waals surface area contributed by atoms with Crippen LogP contribution in [0.5, 0.6) is 0 Å². The second-order valence-electron chi connectivity index (χ2n) is 4.96. The maximum atomic E-state index is 11.7. The van der Waals surface area contributed by atoms with E-state index in [-0.39, 0.29) is 24.2 Å². The first-order valence-electron chi connectivity index (χ1n) is 6.74. The molecule has 0 aliphatic rings. The third-order valence-electron chi connectivity index (χ3n) is 3.18. The van der Waals surface area contributed by atoms with Gasteiger partial charge in [-0.05, 0) is 31.9 Å². The van der Waals surface area contributed by atoms with E-state index in [1.54, 1.807) is 19.1 Å². The third-order valence-corrected chi connectivity index (χ3v) is 3.18. The van der Waals surface area contributed by atoms with Crippen molar-refractivity contribution in [1.82, 2.24) is 10.6 Å². The summed E-state index contributed by atoms with van der Waals surface area (Å²) in [6.07, 6.45) is 2.92. The lowest BCUT2D eigenvalue weighted by Crippen LogP contribution is -2.48. The molecule has 1 atom stereocenters. The Morgan fingerprint density at radius 3 is 2.75 bits per heavy atom. The van der Waals surface area contributed by atoms with Crippen LogP contribution in [-0.4, -0.2) is 35.6 Å². The minimum absolute atomic E-state index is 0.0928. The van der Waals surface area contributed by atoms with E-state index in [4.69, 9.17) is 4.42 Å². The first-order chi connectivity index (χ1) is 9.50. The molecule has 112 valence electrons. The Morgan fingerprint density at radius 1 is 1.45 bits per heavy atom. The average Bonchev–Trinajstić information content (AvgIpc) is 2.97. The van der Waals surface area contributed by atoms with Gasteiger partial charge in [0, 0.05) is 13.0 Å². The fourth-order valence-corrected chi connectivity index (χ4v) is 1.58. The van der Waals surface area contributed by atoms with Crippen molar-refractivity contribution in [3.8, 4) is 0 Å². The molecule has 1 rings (SSSR count). The van der Waals surface area contributed by atoms with Gasteiger partial charge < -0.3 is 20.2 Å². The van der Waals surface area contributed by atoms with Crippen molar-refractivity contribution in [3.05, 3.63) is 24.2 Å². The molecule has 0 saturated heterocycles. The molecule has 0 aromatic carbocycles. The minimum Gasteiger partial charge on any atom is -0.459 e. The Labute approximate surface area is 118 Å². The summed E-state index contributed by atoms with van der Waals surface area (Å²) in [7, 11) is 0. The van der Waals surface area contributed by atoms with Gasteiger partial charge in [0.05, 0.1) is 18.4 Å². The van der Waals surface area contributed by atoms with E-state index >= 15 is 0 Å². The van der Waals surface area contributed by atoms with Crippen molar-refractivity contribution in [2.45, 2.75) is 38.6 Å². The van der Waals surface area contributed by atoms with E-state index in [2.05, 4.69) is 10.6 Å². The summed E-state index contributed by atoms with van der Waals surface area (Å²) in [5, 5.41) is 14.7. The molecule has 1 aromatic heterocycles. The molecule has 2 amide bonds. The molecule has 3 N–H and O–H groups in total. The molecule has 6 nitrogen and oxygen atoms in total. The van der Waals surface area contributed by atoms with Crippen LogP contribution in [0.15, 0.2) is 22.8 Å². The number of carbonyl (C=O) groups excluding carboxylic acids is 2. The third kappa shape index (κ3) is 5.05. The highest BCUT2D eigenvalue weighted by atomic mass is 16.3.